The van der Waals surface area contributed by atoms with Gasteiger partial charge in [-0.25, -0.2) is 0 Å². The highest BCUT2D eigenvalue weighted by atomic mass is 127. The van der Waals surface area contributed by atoms with Crippen molar-refractivity contribution in [1.29, 1.82) is 0 Å². The molecule has 3 aliphatic rings. The number of rotatable bonds is 5. The Bertz CT molecular complexity index is 510. The molecule has 3 saturated heterocycles. The maximum absolute atomic E-state index is 11.9. The number of likely N-dealkylation sites (tertiary alicyclic amines) is 1. The van der Waals surface area contributed by atoms with Crippen molar-refractivity contribution in [2.75, 3.05) is 64.5 Å². The number of nitrogens with one attached hydrogen (secondary N) is 2. The van der Waals surface area contributed by atoms with Crippen molar-refractivity contribution in [1.82, 2.24) is 20.4 Å². The molecule has 156 valence electrons. The van der Waals surface area contributed by atoms with Crippen LogP contribution in [0.1, 0.15) is 26.2 Å². The van der Waals surface area contributed by atoms with Crippen molar-refractivity contribution in [3.8, 4) is 0 Å². The predicted molar refractivity (Wildman–Crippen MR) is 122 cm³/mol. The van der Waals surface area contributed by atoms with Gasteiger partial charge in [-0.3, -0.25) is 14.7 Å². The highest BCUT2D eigenvalue weighted by molar-refractivity contribution is 14.0. The Morgan fingerprint density at radius 3 is 2.74 bits per heavy atom. The lowest BCUT2D eigenvalue weighted by Crippen LogP contribution is -2.60. The van der Waals surface area contributed by atoms with Gasteiger partial charge < -0.3 is 20.3 Å². The number of hydrogen-bond acceptors (Lipinski definition) is 5. The van der Waals surface area contributed by atoms with Crippen molar-refractivity contribution in [2.45, 2.75) is 37.8 Å². The van der Waals surface area contributed by atoms with Crippen LogP contribution in [0.15, 0.2) is 4.99 Å². The molecule has 1 amide bonds. The van der Waals surface area contributed by atoms with Crippen molar-refractivity contribution in [3.05, 3.63) is 0 Å². The molecule has 0 aliphatic carbocycles. The van der Waals surface area contributed by atoms with Crippen LogP contribution in [0.25, 0.3) is 0 Å². The average molecular weight is 511 g/mol. The topological polar surface area (TPSA) is 69.2 Å². The smallest absolute Gasteiger partial charge is 0.222 e. The second kappa shape index (κ2) is 11.1. The zero-order valence-electron chi connectivity index (χ0n) is 16.5. The lowest BCUT2D eigenvalue weighted by molar-refractivity contribution is -0.129. The summed E-state index contributed by atoms with van der Waals surface area (Å²) in [7, 11) is 1.82. The molecule has 0 aromatic rings. The molecule has 0 spiro atoms. The molecule has 3 heterocycles. The average Bonchev–Trinajstić information content (AvgIpc) is 3.35. The summed E-state index contributed by atoms with van der Waals surface area (Å²) >= 11 is 2.05. The monoisotopic (exact) mass is 511 g/mol. The summed E-state index contributed by atoms with van der Waals surface area (Å²) in [6.07, 6.45) is 2.78. The maximum atomic E-state index is 11.9. The number of guanidine groups is 1. The standard InChI is InChI=1S/C18H33N5O2S.HI/c1-3-16(24)22-6-4-15(12-22)21-17(19-2)20-13-18(5-11-26-14-18)23-7-9-25-10-8-23;/h15H,3-14H2,1-2H3,(H2,19,20,21);1H. The van der Waals surface area contributed by atoms with Crippen molar-refractivity contribution >= 4 is 47.6 Å². The maximum Gasteiger partial charge on any atom is 0.222 e. The summed E-state index contributed by atoms with van der Waals surface area (Å²) in [6, 6.07) is 0.286. The molecular formula is C18H34IN5O2S. The first-order chi connectivity index (χ1) is 12.7. The van der Waals surface area contributed by atoms with E-state index in [0.717, 1.165) is 58.3 Å². The van der Waals surface area contributed by atoms with Gasteiger partial charge in [0.2, 0.25) is 5.91 Å². The number of carbonyl (C=O) groups excluding carboxylic acids is 1. The molecular weight excluding hydrogens is 477 g/mol. The van der Waals surface area contributed by atoms with Crippen LogP contribution in [-0.2, 0) is 9.53 Å². The first kappa shape index (κ1) is 23.0. The molecule has 0 aromatic carbocycles. The van der Waals surface area contributed by atoms with E-state index in [1.54, 1.807) is 0 Å². The van der Waals surface area contributed by atoms with E-state index >= 15 is 0 Å². The molecule has 9 heteroatoms. The van der Waals surface area contributed by atoms with Crippen LogP contribution < -0.4 is 10.6 Å². The van der Waals surface area contributed by atoms with Crippen molar-refractivity contribution in [3.63, 3.8) is 0 Å². The van der Waals surface area contributed by atoms with Crippen molar-refractivity contribution in [2.24, 2.45) is 4.99 Å². The summed E-state index contributed by atoms with van der Waals surface area (Å²) in [5.74, 6) is 3.48. The van der Waals surface area contributed by atoms with E-state index in [1.807, 2.05) is 30.6 Å². The van der Waals surface area contributed by atoms with E-state index in [2.05, 4.69) is 20.5 Å². The Hall–Kier alpha value is -0.260. The number of thioether (sulfide) groups is 1. The van der Waals surface area contributed by atoms with Gasteiger partial charge >= 0.3 is 0 Å². The van der Waals surface area contributed by atoms with E-state index < -0.39 is 0 Å². The molecule has 2 N–H and O–H groups in total. The molecule has 3 fully saturated rings. The minimum atomic E-state index is 0. The second-order valence-electron chi connectivity index (χ2n) is 7.38. The van der Waals surface area contributed by atoms with Gasteiger partial charge in [-0.05, 0) is 18.6 Å². The van der Waals surface area contributed by atoms with E-state index in [0.29, 0.717) is 6.42 Å². The van der Waals surface area contributed by atoms with Crippen LogP contribution in [0.4, 0.5) is 0 Å². The minimum absolute atomic E-state index is 0. The number of amides is 1. The zero-order valence-corrected chi connectivity index (χ0v) is 19.7. The third kappa shape index (κ3) is 5.86. The molecule has 0 aromatic heterocycles. The fourth-order valence-corrected chi connectivity index (χ4v) is 5.58. The summed E-state index contributed by atoms with van der Waals surface area (Å²) in [6.45, 7) is 8.16. The fourth-order valence-electron chi connectivity index (χ4n) is 4.10. The van der Waals surface area contributed by atoms with Gasteiger partial charge in [0, 0.05) is 63.5 Å². The van der Waals surface area contributed by atoms with Gasteiger partial charge in [-0.15, -0.1) is 24.0 Å². The van der Waals surface area contributed by atoms with Crippen LogP contribution in [0.5, 0.6) is 0 Å². The number of ether oxygens (including phenoxy) is 1. The van der Waals surface area contributed by atoms with Gasteiger partial charge in [0.05, 0.1) is 13.2 Å². The van der Waals surface area contributed by atoms with Crippen LogP contribution >= 0.6 is 35.7 Å². The van der Waals surface area contributed by atoms with Crippen LogP contribution in [0.3, 0.4) is 0 Å². The van der Waals surface area contributed by atoms with E-state index in [9.17, 15) is 4.79 Å². The fraction of sp³-hybridized carbons (Fsp3) is 0.889. The SMILES string of the molecule is CCC(=O)N1CCC(NC(=NC)NCC2(N3CCOCC3)CCSC2)C1.I. The Morgan fingerprint density at radius 2 is 2.11 bits per heavy atom. The number of nitrogens with zero attached hydrogens (tertiary/aromatic N) is 3. The Morgan fingerprint density at radius 1 is 1.33 bits per heavy atom. The predicted octanol–water partition coefficient (Wildman–Crippen LogP) is 0.988. The molecule has 2 atom stereocenters. The van der Waals surface area contributed by atoms with Crippen LogP contribution in [-0.4, -0.2) is 97.7 Å². The number of morpholine rings is 1. The van der Waals surface area contributed by atoms with Gasteiger partial charge in [0.15, 0.2) is 5.96 Å². The normalized spacial score (nSPS) is 29.5. The van der Waals surface area contributed by atoms with E-state index in [-0.39, 0.29) is 41.5 Å². The molecule has 7 nitrogen and oxygen atoms in total. The lowest BCUT2D eigenvalue weighted by atomic mass is 9.95. The van der Waals surface area contributed by atoms with E-state index in [4.69, 9.17) is 4.74 Å². The number of carbonyl (C=O) groups is 1. The Kier molecular flexibility index (Phi) is 9.43. The third-order valence-electron chi connectivity index (χ3n) is 5.76. The summed E-state index contributed by atoms with van der Waals surface area (Å²) in [5.41, 5.74) is 0.200. The largest absolute Gasteiger partial charge is 0.379 e. The zero-order chi connectivity index (χ0) is 18.4. The molecule has 3 rings (SSSR count). The summed E-state index contributed by atoms with van der Waals surface area (Å²) in [4.78, 5) is 20.8. The van der Waals surface area contributed by atoms with Crippen molar-refractivity contribution < 1.29 is 9.53 Å². The van der Waals surface area contributed by atoms with Gasteiger partial charge in [-0.1, -0.05) is 6.92 Å². The molecule has 27 heavy (non-hydrogen) atoms. The first-order valence-corrected chi connectivity index (χ1v) is 11.0. The number of halogens is 1. The highest BCUT2D eigenvalue weighted by Crippen LogP contribution is 2.33. The molecule has 0 saturated carbocycles. The van der Waals surface area contributed by atoms with Crippen LogP contribution in [0, 0.1) is 0 Å². The Balaban J connectivity index is 0.00000261. The number of hydrogen-bond donors (Lipinski definition) is 2. The number of aliphatic imine (C=N–C) groups is 1. The molecule has 0 radical (unpaired) electrons. The van der Waals surface area contributed by atoms with Gasteiger partial charge in [0.25, 0.3) is 0 Å². The summed E-state index contributed by atoms with van der Waals surface area (Å²) < 4.78 is 5.54. The van der Waals surface area contributed by atoms with Gasteiger partial charge in [-0.2, -0.15) is 11.8 Å². The van der Waals surface area contributed by atoms with Gasteiger partial charge in [0.1, 0.15) is 0 Å². The van der Waals surface area contributed by atoms with Crippen LogP contribution in [0.2, 0.25) is 0 Å². The molecule has 2 unspecified atom stereocenters. The second-order valence-corrected chi connectivity index (χ2v) is 8.48. The quantitative estimate of drug-likeness (QED) is 0.326. The molecule has 3 aliphatic heterocycles. The van der Waals surface area contributed by atoms with E-state index in [1.165, 1.54) is 17.9 Å². The third-order valence-corrected chi connectivity index (χ3v) is 6.99. The minimum Gasteiger partial charge on any atom is -0.379 e. The lowest BCUT2D eigenvalue weighted by Gasteiger charge is -2.43. The highest BCUT2D eigenvalue weighted by Gasteiger charge is 2.40. The molecule has 0 bridgehead atoms. The Labute approximate surface area is 184 Å². The first-order valence-electron chi connectivity index (χ1n) is 9.82. The summed E-state index contributed by atoms with van der Waals surface area (Å²) in [5, 5.41) is 7.09.